The summed E-state index contributed by atoms with van der Waals surface area (Å²) in [6.45, 7) is 4.13. The summed E-state index contributed by atoms with van der Waals surface area (Å²) in [6.07, 6.45) is 0. The second-order valence-corrected chi connectivity index (χ2v) is 3.98. The number of pyridine rings is 1. The molecule has 0 spiro atoms. The lowest BCUT2D eigenvalue weighted by molar-refractivity contribution is 1.19. The summed E-state index contributed by atoms with van der Waals surface area (Å²) in [5.74, 6) is 0. The first-order valence-corrected chi connectivity index (χ1v) is 5.00. The molecule has 2 heteroatoms. The summed E-state index contributed by atoms with van der Waals surface area (Å²) in [6, 6.07) is 8.38. The van der Waals surface area contributed by atoms with Crippen LogP contribution in [0.5, 0.6) is 0 Å². The van der Waals surface area contributed by atoms with Crippen molar-refractivity contribution in [2.24, 2.45) is 0 Å². The number of aryl methyl sites for hydroxylation is 2. The molecule has 0 saturated heterocycles. The van der Waals surface area contributed by atoms with Crippen molar-refractivity contribution >= 4 is 26.7 Å². The molecule has 2 aromatic rings. The third kappa shape index (κ3) is 1.46. The summed E-state index contributed by atoms with van der Waals surface area (Å²) < 4.78 is 0.936. The van der Waals surface area contributed by atoms with Gasteiger partial charge in [0.2, 0.25) is 0 Å². The Labute approximate surface area is 85.9 Å². The van der Waals surface area contributed by atoms with E-state index in [1.165, 1.54) is 16.3 Å². The van der Waals surface area contributed by atoms with Crippen LogP contribution >= 0.6 is 15.9 Å². The molecule has 0 aliphatic heterocycles. The Bertz CT molecular complexity index is 463. The number of rotatable bonds is 0. The van der Waals surface area contributed by atoms with E-state index in [4.69, 9.17) is 0 Å². The van der Waals surface area contributed by atoms with E-state index in [0.29, 0.717) is 0 Å². The molecular formula is C11H10BrN. The largest absolute Gasteiger partial charge is 0.246 e. The van der Waals surface area contributed by atoms with Crippen LogP contribution in [0.4, 0.5) is 0 Å². The fourth-order valence-corrected chi connectivity index (χ4v) is 2.13. The second-order valence-electron chi connectivity index (χ2n) is 3.22. The first kappa shape index (κ1) is 8.70. The molecule has 0 saturated carbocycles. The molecule has 1 heterocycles. The van der Waals surface area contributed by atoms with Gasteiger partial charge in [0, 0.05) is 11.1 Å². The lowest BCUT2D eigenvalue weighted by Crippen LogP contribution is -1.86. The van der Waals surface area contributed by atoms with Crippen molar-refractivity contribution in [2.75, 3.05) is 0 Å². The third-order valence-corrected chi connectivity index (χ3v) is 2.78. The normalized spacial score (nSPS) is 10.7. The summed E-state index contributed by atoms with van der Waals surface area (Å²) >= 11 is 3.47. The van der Waals surface area contributed by atoms with Crippen molar-refractivity contribution in [3.05, 3.63) is 40.1 Å². The zero-order valence-electron chi connectivity index (χ0n) is 7.63. The second kappa shape index (κ2) is 3.11. The minimum atomic E-state index is 0.936. The van der Waals surface area contributed by atoms with Crippen molar-refractivity contribution in [3.63, 3.8) is 0 Å². The van der Waals surface area contributed by atoms with E-state index in [9.17, 15) is 0 Å². The fraction of sp³-hybridized carbons (Fsp3) is 0.182. The molecule has 1 nitrogen and oxygen atoms in total. The molecule has 0 radical (unpaired) electrons. The van der Waals surface area contributed by atoms with E-state index in [1.807, 2.05) is 6.92 Å². The van der Waals surface area contributed by atoms with Crippen LogP contribution in [0.25, 0.3) is 10.8 Å². The molecule has 0 aliphatic rings. The first-order valence-electron chi connectivity index (χ1n) is 4.21. The summed E-state index contributed by atoms with van der Waals surface area (Å²) in [5, 5.41) is 2.47. The summed E-state index contributed by atoms with van der Waals surface area (Å²) in [5.41, 5.74) is 2.34. The van der Waals surface area contributed by atoms with Gasteiger partial charge < -0.3 is 0 Å². The maximum absolute atomic E-state index is 4.36. The van der Waals surface area contributed by atoms with Crippen molar-refractivity contribution < 1.29 is 0 Å². The Morgan fingerprint density at radius 3 is 2.69 bits per heavy atom. The maximum Gasteiger partial charge on any atom is 0.114 e. The van der Waals surface area contributed by atoms with E-state index in [1.54, 1.807) is 0 Å². The Hall–Kier alpha value is -0.890. The highest BCUT2D eigenvalue weighted by molar-refractivity contribution is 9.10. The SMILES string of the molecule is Cc1cc2c(C)cccc2c(Br)n1. The minimum absolute atomic E-state index is 0.936. The van der Waals surface area contributed by atoms with Crippen LogP contribution in [0.15, 0.2) is 28.9 Å². The minimum Gasteiger partial charge on any atom is -0.246 e. The Balaban J connectivity index is 2.94. The third-order valence-electron chi connectivity index (χ3n) is 2.17. The number of halogens is 1. The van der Waals surface area contributed by atoms with Gasteiger partial charge in [0.15, 0.2) is 0 Å². The number of hydrogen-bond donors (Lipinski definition) is 0. The standard InChI is InChI=1S/C11H10BrN/c1-7-4-3-5-9-10(7)6-8(2)13-11(9)12/h3-6H,1-2H3. The Morgan fingerprint density at radius 2 is 1.92 bits per heavy atom. The highest BCUT2D eigenvalue weighted by Crippen LogP contribution is 2.25. The van der Waals surface area contributed by atoms with Gasteiger partial charge in [-0.15, -0.1) is 0 Å². The Morgan fingerprint density at radius 1 is 1.15 bits per heavy atom. The molecule has 1 aromatic carbocycles. The van der Waals surface area contributed by atoms with Crippen LogP contribution in [-0.2, 0) is 0 Å². The van der Waals surface area contributed by atoms with Crippen LogP contribution in [-0.4, -0.2) is 4.98 Å². The van der Waals surface area contributed by atoms with Crippen molar-refractivity contribution in [1.29, 1.82) is 0 Å². The summed E-state index contributed by atoms with van der Waals surface area (Å²) in [7, 11) is 0. The van der Waals surface area contributed by atoms with E-state index in [-0.39, 0.29) is 0 Å². The molecule has 66 valence electrons. The number of hydrogen-bond acceptors (Lipinski definition) is 1. The topological polar surface area (TPSA) is 12.9 Å². The lowest BCUT2D eigenvalue weighted by Gasteiger charge is -2.04. The van der Waals surface area contributed by atoms with Gasteiger partial charge in [-0.3, -0.25) is 0 Å². The van der Waals surface area contributed by atoms with E-state index < -0.39 is 0 Å². The smallest absolute Gasteiger partial charge is 0.114 e. The average Bonchev–Trinajstić information content (AvgIpc) is 2.07. The van der Waals surface area contributed by atoms with E-state index in [2.05, 4.69) is 52.1 Å². The van der Waals surface area contributed by atoms with Crippen LogP contribution in [0.3, 0.4) is 0 Å². The van der Waals surface area contributed by atoms with Crippen LogP contribution < -0.4 is 0 Å². The quantitative estimate of drug-likeness (QED) is 0.636. The lowest BCUT2D eigenvalue weighted by atomic mass is 10.1. The van der Waals surface area contributed by atoms with E-state index >= 15 is 0 Å². The average molecular weight is 236 g/mol. The zero-order chi connectivity index (χ0) is 9.42. The van der Waals surface area contributed by atoms with Crippen molar-refractivity contribution in [3.8, 4) is 0 Å². The van der Waals surface area contributed by atoms with Crippen LogP contribution in [0, 0.1) is 13.8 Å². The van der Waals surface area contributed by atoms with Gasteiger partial charge in [-0.1, -0.05) is 18.2 Å². The highest BCUT2D eigenvalue weighted by Gasteiger charge is 2.02. The zero-order valence-corrected chi connectivity index (χ0v) is 9.22. The van der Waals surface area contributed by atoms with Gasteiger partial charge in [-0.2, -0.15) is 0 Å². The van der Waals surface area contributed by atoms with E-state index in [0.717, 1.165) is 10.3 Å². The molecule has 0 bridgehead atoms. The molecule has 0 unspecified atom stereocenters. The number of fused-ring (bicyclic) bond motifs is 1. The predicted octanol–water partition coefficient (Wildman–Crippen LogP) is 3.61. The molecule has 13 heavy (non-hydrogen) atoms. The van der Waals surface area contributed by atoms with Gasteiger partial charge in [0.1, 0.15) is 4.60 Å². The predicted molar refractivity (Wildman–Crippen MR) is 58.9 cm³/mol. The molecule has 0 atom stereocenters. The fourth-order valence-electron chi connectivity index (χ4n) is 1.51. The molecule has 0 fully saturated rings. The number of benzene rings is 1. The van der Waals surface area contributed by atoms with Gasteiger partial charge in [0.25, 0.3) is 0 Å². The van der Waals surface area contributed by atoms with Crippen molar-refractivity contribution in [2.45, 2.75) is 13.8 Å². The first-order chi connectivity index (χ1) is 6.18. The monoisotopic (exact) mass is 235 g/mol. The Kier molecular flexibility index (Phi) is 2.08. The molecule has 2 rings (SSSR count). The molecule has 0 amide bonds. The van der Waals surface area contributed by atoms with Gasteiger partial charge in [-0.25, -0.2) is 4.98 Å². The van der Waals surface area contributed by atoms with Crippen LogP contribution in [0.1, 0.15) is 11.3 Å². The van der Waals surface area contributed by atoms with Gasteiger partial charge in [-0.05, 0) is 46.8 Å². The highest BCUT2D eigenvalue weighted by atomic mass is 79.9. The van der Waals surface area contributed by atoms with Gasteiger partial charge >= 0.3 is 0 Å². The molecule has 0 N–H and O–H groups in total. The van der Waals surface area contributed by atoms with Crippen LogP contribution in [0.2, 0.25) is 0 Å². The number of aromatic nitrogens is 1. The molecule has 0 aliphatic carbocycles. The van der Waals surface area contributed by atoms with Crippen molar-refractivity contribution in [1.82, 2.24) is 4.98 Å². The van der Waals surface area contributed by atoms with Gasteiger partial charge in [0.05, 0.1) is 0 Å². The molecular weight excluding hydrogens is 226 g/mol. The maximum atomic E-state index is 4.36. The molecule has 1 aromatic heterocycles. The number of nitrogens with zero attached hydrogens (tertiary/aromatic N) is 1. The summed E-state index contributed by atoms with van der Waals surface area (Å²) in [4.78, 5) is 4.36.